The van der Waals surface area contributed by atoms with Gasteiger partial charge in [0.2, 0.25) is 0 Å². The third-order valence-corrected chi connectivity index (χ3v) is 3.15. The maximum atomic E-state index is 12.3. The van der Waals surface area contributed by atoms with E-state index in [9.17, 15) is 9.90 Å². The Balaban J connectivity index is 2.14. The summed E-state index contributed by atoms with van der Waals surface area (Å²) in [5.74, 6) is 0.909. The van der Waals surface area contributed by atoms with E-state index >= 15 is 0 Å². The van der Waals surface area contributed by atoms with Crippen LogP contribution in [-0.2, 0) is 6.54 Å². The monoisotopic (exact) mass is 275 g/mol. The van der Waals surface area contributed by atoms with E-state index < -0.39 is 0 Å². The summed E-state index contributed by atoms with van der Waals surface area (Å²) in [7, 11) is 3.17. The maximum absolute atomic E-state index is 12.3. The van der Waals surface area contributed by atoms with E-state index in [2.05, 4.69) is 0 Å². The van der Waals surface area contributed by atoms with Gasteiger partial charge in [0.05, 0.1) is 13.4 Å². The van der Waals surface area contributed by atoms with Gasteiger partial charge in [-0.15, -0.1) is 0 Å². The number of phenolic OH excluding ortho intramolecular Hbond substituents is 1. The SMILES string of the molecule is COc1ccc(C(=O)N(C)Cc2ccoc2C)cc1O. The molecule has 0 fully saturated rings. The topological polar surface area (TPSA) is 62.9 Å². The number of rotatable bonds is 4. The van der Waals surface area contributed by atoms with Gasteiger partial charge in [-0.25, -0.2) is 0 Å². The van der Waals surface area contributed by atoms with Gasteiger partial charge in [0.15, 0.2) is 11.5 Å². The van der Waals surface area contributed by atoms with Crippen LogP contribution in [0.1, 0.15) is 21.7 Å². The molecule has 0 aliphatic carbocycles. The maximum Gasteiger partial charge on any atom is 0.254 e. The highest BCUT2D eigenvalue weighted by molar-refractivity contribution is 5.94. The molecule has 0 saturated carbocycles. The molecule has 106 valence electrons. The first-order chi connectivity index (χ1) is 9.52. The van der Waals surface area contributed by atoms with E-state index in [1.807, 2.05) is 13.0 Å². The van der Waals surface area contributed by atoms with Crippen LogP contribution in [0, 0.1) is 6.92 Å². The fraction of sp³-hybridized carbons (Fsp3) is 0.267. The lowest BCUT2D eigenvalue weighted by Crippen LogP contribution is -2.26. The number of furan rings is 1. The summed E-state index contributed by atoms with van der Waals surface area (Å²) in [5, 5.41) is 9.71. The molecule has 0 aliphatic heterocycles. The summed E-state index contributed by atoms with van der Waals surface area (Å²) in [5.41, 5.74) is 1.37. The Kier molecular flexibility index (Phi) is 3.98. The Morgan fingerprint density at radius 3 is 2.70 bits per heavy atom. The lowest BCUT2D eigenvalue weighted by Gasteiger charge is -2.17. The first-order valence-corrected chi connectivity index (χ1v) is 6.18. The number of ether oxygens (including phenoxy) is 1. The van der Waals surface area contributed by atoms with Crippen LogP contribution in [0.4, 0.5) is 0 Å². The molecule has 0 spiro atoms. The number of nitrogens with zero attached hydrogens (tertiary/aromatic N) is 1. The van der Waals surface area contributed by atoms with Crippen molar-refractivity contribution in [2.24, 2.45) is 0 Å². The number of amides is 1. The quantitative estimate of drug-likeness (QED) is 0.931. The highest BCUT2D eigenvalue weighted by atomic mass is 16.5. The molecule has 0 unspecified atom stereocenters. The molecule has 1 amide bonds. The van der Waals surface area contributed by atoms with Gasteiger partial charge in [-0.2, -0.15) is 0 Å². The molecule has 20 heavy (non-hydrogen) atoms. The fourth-order valence-corrected chi connectivity index (χ4v) is 1.95. The molecule has 0 radical (unpaired) electrons. The second-order valence-corrected chi connectivity index (χ2v) is 4.55. The van der Waals surface area contributed by atoms with Crippen LogP contribution >= 0.6 is 0 Å². The molecule has 1 aromatic carbocycles. The summed E-state index contributed by atoms with van der Waals surface area (Å²) in [6.45, 7) is 2.31. The largest absolute Gasteiger partial charge is 0.504 e. The van der Waals surface area contributed by atoms with Gasteiger partial charge in [0.1, 0.15) is 5.76 Å². The van der Waals surface area contributed by atoms with Crippen LogP contribution in [0.15, 0.2) is 34.9 Å². The zero-order chi connectivity index (χ0) is 14.7. The molecular formula is C15H17NO4. The molecule has 0 saturated heterocycles. The molecule has 1 N–H and O–H groups in total. The van der Waals surface area contributed by atoms with E-state index in [0.717, 1.165) is 11.3 Å². The molecule has 0 bridgehead atoms. The number of benzene rings is 1. The summed E-state index contributed by atoms with van der Waals surface area (Å²) in [4.78, 5) is 13.8. The van der Waals surface area contributed by atoms with Crippen molar-refractivity contribution in [2.75, 3.05) is 14.2 Å². The number of methoxy groups -OCH3 is 1. The zero-order valence-corrected chi connectivity index (χ0v) is 11.7. The second kappa shape index (κ2) is 5.69. The number of aryl methyl sites for hydroxylation is 1. The van der Waals surface area contributed by atoms with E-state index in [4.69, 9.17) is 9.15 Å². The summed E-state index contributed by atoms with van der Waals surface area (Å²) in [6, 6.07) is 6.43. The van der Waals surface area contributed by atoms with Gasteiger partial charge in [0.25, 0.3) is 5.91 Å². The van der Waals surface area contributed by atoms with Gasteiger partial charge >= 0.3 is 0 Å². The van der Waals surface area contributed by atoms with E-state index in [0.29, 0.717) is 17.9 Å². The lowest BCUT2D eigenvalue weighted by atomic mass is 10.1. The normalized spacial score (nSPS) is 10.3. The number of phenols is 1. The molecule has 0 aliphatic rings. The third-order valence-electron chi connectivity index (χ3n) is 3.15. The minimum absolute atomic E-state index is 0.0498. The predicted octanol–water partition coefficient (Wildman–Crippen LogP) is 2.57. The van der Waals surface area contributed by atoms with Crippen molar-refractivity contribution in [3.05, 3.63) is 47.4 Å². The Morgan fingerprint density at radius 1 is 1.40 bits per heavy atom. The Morgan fingerprint density at radius 2 is 2.15 bits per heavy atom. The van der Waals surface area contributed by atoms with Crippen molar-refractivity contribution in [1.29, 1.82) is 0 Å². The van der Waals surface area contributed by atoms with Crippen molar-refractivity contribution in [3.63, 3.8) is 0 Å². The summed E-state index contributed by atoms with van der Waals surface area (Å²) >= 11 is 0. The van der Waals surface area contributed by atoms with Crippen LogP contribution in [-0.4, -0.2) is 30.1 Å². The Hall–Kier alpha value is -2.43. The van der Waals surface area contributed by atoms with E-state index in [1.54, 1.807) is 30.3 Å². The standard InChI is InChI=1S/C15H17NO4/c1-10-12(6-7-20-10)9-16(2)15(18)11-4-5-14(19-3)13(17)8-11/h4-8,17H,9H2,1-3H3. The molecule has 2 rings (SSSR count). The third kappa shape index (κ3) is 2.77. The van der Waals surface area contributed by atoms with Gasteiger partial charge in [-0.3, -0.25) is 4.79 Å². The number of hydrogen-bond donors (Lipinski definition) is 1. The van der Waals surface area contributed by atoms with Gasteiger partial charge < -0.3 is 19.2 Å². The first-order valence-electron chi connectivity index (χ1n) is 6.18. The fourth-order valence-electron chi connectivity index (χ4n) is 1.95. The molecule has 1 heterocycles. The van der Waals surface area contributed by atoms with E-state index in [1.165, 1.54) is 13.2 Å². The average Bonchev–Trinajstić information content (AvgIpc) is 2.83. The highest BCUT2D eigenvalue weighted by Crippen LogP contribution is 2.26. The average molecular weight is 275 g/mol. The van der Waals surface area contributed by atoms with Gasteiger partial charge in [-0.05, 0) is 31.2 Å². The van der Waals surface area contributed by atoms with Crippen LogP contribution in [0.3, 0.4) is 0 Å². The van der Waals surface area contributed by atoms with E-state index in [-0.39, 0.29) is 11.7 Å². The van der Waals surface area contributed by atoms with Crippen molar-refractivity contribution >= 4 is 5.91 Å². The number of carbonyl (C=O) groups is 1. The smallest absolute Gasteiger partial charge is 0.254 e. The number of carbonyl (C=O) groups excluding carboxylic acids is 1. The summed E-state index contributed by atoms with van der Waals surface area (Å²) in [6.07, 6.45) is 1.60. The minimum atomic E-state index is -0.177. The van der Waals surface area contributed by atoms with Crippen LogP contribution < -0.4 is 4.74 Å². The molecule has 5 nitrogen and oxygen atoms in total. The zero-order valence-electron chi connectivity index (χ0n) is 11.7. The van der Waals surface area contributed by atoms with Crippen LogP contribution in [0.5, 0.6) is 11.5 Å². The molecule has 0 atom stereocenters. The van der Waals surface area contributed by atoms with Crippen molar-refractivity contribution in [2.45, 2.75) is 13.5 Å². The van der Waals surface area contributed by atoms with Crippen molar-refractivity contribution in [1.82, 2.24) is 4.90 Å². The molecule has 1 aromatic heterocycles. The second-order valence-electron chi connectivity index (χ2n) is 4.55. The first kappa shape index (κ1) is 14.0. The van der Waals surface area contributed by atoms with Crippen molar-refractivity contribution in [3.8, 4) is 11.5 Å². The number of aromatic hydroxyl groups is 1. The Bertz CT molecular complexity index is 618. The minimum Gasteiger partial charge on any atom is -0.504 e. The molecule has 2 aromatic rings. The Labute approximate surface area is 117 Å². The van der Waals surface area contributed by atoms with Crippen LogP contribution in [0.25, 0.3) is 0 Å². The summed E-state index contributed by atoms with van der Waals surface area (Å²) < 4.78 is 10.2. The highest BCUT2D eigenvalue weighted by Gasteiger charge is 2.15. The van der Waals surface area contributed by atoms with Crippen LogP contribution in [0.2, 0.25) is 0 Å². The van der Waals surface area contributed by atoms with Crippen molar-refractivity contribution < 1.29 is 19.1 Å². The lowest BCUT2D eigenvalue weighted by molar-refractivity contribution is 0.0784. The molecular weight excluding hydrogens is 258 g/mol. The predicted molar refractivity (Wildman–Crippen MR) is 73.9 cm³/mol. The van der Waals surface area contributed by atoms with Gasteiger partial charge in [-0.1, -0.05) is 0 Å². The number of hydrogen-bond acceptors (Lipinski definition) is 4. The van der Waals surface area contributed by atoms with Gasteiger partial charge in [0, 0.05) is 24.7 Å². The molecule has 5 heteroatoms.